The molecule has 66 valence electrons. The lowest BCUT2D eigenvalue weighted by Gasteiger charge is -2.00. The normalized spacial score (nSPS) is 12.8. The van der Waals surface area contributed by atoms with Gasteiger partial charge in [0, 0.05) is 0 Å². The highest BCUT2D eigenvalue weighted by Crippen LogP contribution is 2.08. The second kappa shape index (κ2) is 5.29. The first-order valence-electron chi connectivity index (χ1n) is 3.66. The maximum absolute atomic E-state index is 11.1. The minimum absolute atomic E-state index is 0.0793. The zero-order valence-corrected chi connectivity index (χ0v) is 7.20. The van der Waals surface area contributed by atoms with Gasteiger partial charge in [0.2, 0.25) is 0 Å². The van der Waals surface area contributed by atoms with Crippen LogP contribution in [0.3, 0.4) is 0 Å². The van der Waals surface area contributed by atoms with Gasteiger partial charge in [-0.25, -0.2) is 0 Å². The number of aliphatic hydroxyl groups is 1. The van der Waals surface area contributed by atoms with E-state index in [0.29, 0.717) is 6.29 Å². The number of rotatable bonds is 4. The van der Waals surface area contributed by atoms with E-state index in [1.807, 2.05) is 0 Å². The molecule has 3 nitrogen and oxygen atoms in total. The Hall–Kier alpha value is -1.38. The number of ketones is 1. The number of carbonyl (C=O) groups is 2. The van der Waals surface area contributed by atoms with Crippen molar-refractivity contribution in [2.75, 3.05) is 0 Å². The third-order valence-corrected chi connectivity index (χ3v) is 1.41. The van der Waals surface area contributed by atoms with Gasteiger partial charge in [0.05, 0.1) is 12.0 Å². The second-order valence-corrected chi connectivity index (χ2v) is 2.17. The van der Waals surface area contributed by atoms with Gasteiger partial charge in [0.25, 0.3) is 0 Å². The molecule has 0 bridgehead atoms. The third kappa shape index (κ3) is 2.70. The fourth-order valence-electron chi connectivity index (χ4n) is 0.793. The van der Waals surface area contributed by atoms with Crippen LogP contribution in [0.25, 0.3) is 0 Å². The molecule has 0 aromatic heterocycles. The Balaban J connectivity index is 4.59. The standard InChI is InChI=1S/C9H12O3/c1-3-7(8(11)4-2)9(12)5-6-10/h3-4,6,11H,5H2,1-2H3/b7-3+,8-4+. The zero-order chi connectivity index (χ0) is 9.56. The lowest BCUT2D eigenvalue weighted by atomic mass is 10.1. The van der Waals surface area contributed by atoms with Crippen LogP contribution in [0.4, 0.5) is 0 Å². The van der Waals surface area contributed by atoms with E-state index in [0.717, 1.165) is 0 Å². The molecule has 0 amide bonds. The number of aldehydes is 1. The maximum atomic E-state index is 11.1. The quantitative estimate of drug-likeness (QED) is 0.228. The summed E-state index contributed by atoms with van der Waals surface area (Å²) < 4.78 is 0. The Morgan fingerprint density at radius 2 is 1.92 bits per heavy atom. The highest BCUT2D eigenvalue weighted by Gasteiger charge is 2.10. The van der Waals surface area contributed by atoms with E-state index in [1.54, 1.807) is 13.8 Å². The maximum Gasteiger partial charge on any atom is 0.173 e. The van der Waals surface area contributed by atoms with E-state index in [4.69, 9.17) is 0 Å². The second-order valence-electron chi connectivity index (χ2n) is 2.17. The van der Waals surface area contributed by atoms with Crippen molar-refractivity contribution in [2.24, 2.45) is 0 Å². The Bertz CT molecular complexity index is 236. The fraction of sp³-hybridized carbons (Fsp3) is 0.333. The molecule has 0 aromatic rings. The van der Waals surface area contributed by atoms with Gasteiger partial charge in [-0.15, -0.1) is 0 Å². The summed E-state index contributed by atoms with van der Waals surface area (Å²) in [7, 11) is 0. The van der Waals surface area contributed by atoms with E-state index in [-0.39, 0.29) is 23.5 Å². The summed E-state index contributed by atoms with van der Waals surface area (Å²) in [5.74, 6) is -0.438. The van der Waals surface area contributed by atoms with Gasteiger partial charge >= 0.3 is 0 Å². The summed E-state index contributed by atoms with van der Waals surface area (Å²) in [6, 6.07) is 0. The van der Waals surface area contributed by atoms with Crippen LogP contribution in [0.5, 0.6) is 0 Å². The summed E-state index contributed by atoms with van der Waals surface area (Å²) in [5.41, 5.74) is 0.199. The first kappa shape index (κ1) is 10.6. The van der Waals surface area contributed by atoms with Crippen LogP contribution in [-0.4, -0.2) is 17.2 Å². The average molecular weight is 168 g/mol. The lowest BCUT2D eigenvalue weighted by Crippen LogP contribution is -2.05. The van der Waals surface area contributed by atoms with Crippen LogP contribution in [0, 0.1) is 0 Å². The molecular formula is C9H12O3. The van der Waals surface area contributed by atoms with E-state index in [1.165, 1.54) is 12.2 Å². The molecule has 0 atom stereocenters. The highest BCUT2D eigenvalue weighted by atomic mass is 16.3. The molecule has 0 spiro atoms. The molecule has 12 heavy (non-hydrogen) atoms. The van der Waals surface area contributed by atoms with Gasteiger partial charge in [-0.2, -0.15) is 0 Å². The van der Waals surface area contributed by atoms with Crippen molar-refractivity contribution < 1.29 is 14.7 Å². The molecule has 0 aromatic carbocycles. The highest BCUT2D eigenvalue weighted by molar-refractivity contribution is 6.04. The first-order chi connectivity index (χ1) is 5.67. The molecule has 0 saturated carbocycles. The molecule has 0 aliphatic carbocycles. The fourth-order valence-corrected chi connectivity index (χ4v) is 0.793. The summed E-state index contributed by atoms with van der Waals surface area (Å²) in [5, 5.41) is 9.17. The summed E-state index contributed by atoms with van der Waals surface area (Å²) in [6.07, 6.45) is 3.24. The topological polar surface area (TPSA) is 54.4 Å². The first-order valence-corrected chi connectivity index (χ1v) is 3.66. The predicted molar refractivity (Wildman–Crippen MR) is 45.8 cm³/mol. The monoisotopic (exact) mass is 168 g/mol. The molecule has 3 heteroatoms. The van der Waals surface area contributed by atoms with Crippen LogP contribution in [0.2, 0.25) is 0 Å². The molecule has 0 rings (SSSR count). The molecule has 1 N–H and O–H groups in total. The molecule has 0 fully saturated rings. The van der Waals surface area contributed by atoms with Gasteiger partial charge < -0.3 is 9.90 Å². The number of hydrogen-bond acceptors (Lipinski definition) is 3. The number of aliphatic hydroxyl groups excluding tert-OH is 1. The Morgan fingerprint density at radius 1 is 1.33 bits per heavy atom. The molecule has 0 unspecified atom stereocenters. The van der Waals surface area contributed by atoms with Crippen molar-refractivity contribution in [2.45, 2.75) is 20.3 Å². The van der Waals surface area contributed by atoms with E-state index < -0.39 is 0 Å². The number of Topliss-reactive ketones (excluding diaryl/α,β-unsaturated/α-hetero) is 1. The molecule has 0 radical (unpaired) electrons. The predicted octanol–water partition coefficient (Wildman–Crippen LogP) is 1.55. The summed E-state index contributed by atoms with van der Waals surface area (Å²) in [6.45, 7) is 3.25. The smallest absolute Gasteiger partial charge is 0.173 e. The number of allylic oxidation sites excluding steroid dienone is 3. The van der Waals surface area contributed by atoms with Crippen molar-refractivity contribution in [1.82, 2.24) is 0 Å². The molecule has 0 aliphatic heterocycles. The summed E-state index contributed by atoms with van der Waals surface area (Å²) in [4.78, 5) is 21.1. The lowest BCUT2D eigenvalue weighted by molar-refractivity contribution is -0.119. The average Bonchev–Trinajstić information content (AvgIpc) is 2.06. The molecule has 0 aliphatic rings. The van der Waals surface area contributed by atoms with Crippen molar-refractivity contribution in [1.29, 1.82) is 0 Å². The minimum atomic E-state index is -0.358. The summed E-state index contributed by atoms with van der Waals surface area (Å²) >= 11 is 0. The van der Waals surface area contributed by atoms with Gasteiger partial charge in [0.15, 0.2) is 5.78 Å². The van der Waals surface area contributed by atoms with Gasteiger partial charge in [-0.3, -0.25) is 4.79 Å². The van der Waals surface area contributed by atoms with Crippen LogP contribution >= 0.6 is 0 Å². The number of carbonyl (C=O) groups excluding carboxylic acids is 2. The van der Waals surface area contributed by atoms with E-state index in [9.17, 15) is 14.7 Å². The van der Waals surface area contributed by atoms with Crippen molar-refractivity contribution in [3.63, 3.8) is 0 Å². The Kier molecular flexibility index (Phi) is 4.69. The van der Waals surface area contributed by atoms with Crippen LogP contribution in [-0.2, 0) is 9.59 Å². The van der Waals surface area contributed by atoms with Gasteiger partial charge in [0.1, 0.15) is 12.0 Å². The van der Waals surface area contributed by atoms with Crippen molar-refractivity contribution in [3.05, 3.63) is 23.5 Å². The van der Waals surface area contributed by atoms with E-state index >= 15 is 0 Å². The number of hydrogen-bond donors (Lipinski definition) is 1. The molecule has 0 heterocycles. The minimum Gasteiger partial charge on any atom is -0.508 e. The van der Waals surface area contributed by atoms with Crippen molar-refractivity contribution in [3.8, 4) is 0 Å². The molecule has 0 saturated heterocycles. The van der Waals surface area contributed by atoms with Gasteiger partial charge in [-0.05, 0) is 19.9 Å². The SMILES string of the molecule is C/C=C(O)\C(=C/C)C(=O)CC=O. The third-order valence-electron chi connectivity index (χ3n) is 1.41. The largest absolute Gasteiger partial charge is 0.508 e. The van der Waals surface area contributed by atoms with Crippen molar-refractivity contribution >= 4 is 12.1 Å². The van der Waals surface area contributed by atoms with E-state index in [2.05, 4.69) is 0 Å². The van der Waals surface area contributed by atoms with Crippen LogP contribution < -0.4 is 0 Å². The van der Waals surface area contributed by atoms with Crippen LogP contribution in [0.15, 0.2) is 23.5 Å². The van der Waals surface area contributed by atoms with Gasteiger partial charge in [-0.1, -0.05) is 6.08 Å². The Morgan fingerprint density at radius 3 is 2.25 bits per heavy atom. The molecular weight excluding hydrogens is 156 g/mol. The zero-order valence-electron chi connectivity index (χ0n) is 7.20. The van der Waals surface area contributed by atoms with Crippen LogP contribution in [0.1, 0.15) is 20.3 Å². The Labute approximate surface area is 71.4 Å².